The Kier molecular flexibility index (Phi) is 5.06. The van der Waals surface area contributed by atoms with Crippen LogP contribution in [-0.2, 0) is 4.79 Å². The van der Waals surface area contributed by atoms with E-state index in [2.05, 4.69) is 0 Å². The van der Waals surface area contributed by atoms with Gasteiger partial charge in [0.1, 0.15) is 11.6 Å². The van der Waals surface area contributed by atoms with Gasteiger partial charge in [-0.05, 0) is 50.9 Å². The Bertz CT molecular complexity index is 526. The van der Waals surface area contributed by atoms with E-state index in [4.69, 9.17) is 22.1 Å². The average Bonchev–Trinajstić information content (AvgIpc) is 2.82. The highest BCUT2D eigenvalue weighted by Crippen LogP contribution is 2.27. The Morgan fingerprint density at radius 1 is 1.62 bits per heavy atom. The molecule has 0 saturated carbocycles. The van der Waals surface area contributed by atoms with E-state index in [0.717, 1.165) is 12.5 Å². The molecule has 1 aliphatic heterocycles. The number of amides is 1. The van der Waals surface area contributed by atoms with Gasteiger partial charge in [0.2, 0.25) is 0 Å². The van der Waals surface area contributed by atoms with Gasteiger partial charge in [0.05, 0.1) is 5.02 Å². The third-order valence-corrected chi connectivity index (χ3v) is 4.12. The van der Waals surface area contributed by atoms with E-state index in [1.807, 2.05) is 6.92 Å². The van der Waals surface area contributed by atoms with Crippen LogP contribution in [-0.4, -0.2) is 36.0 Å². The van der Waals surface area contributed by atoms with Crippen LogP contribution < -0.4 is 10.5 Å². The predicted molar refractivity (Wildman–Crippen MR) is 79.8 cm³/mol. The molecule has 2 N–H and O–H groups in total. The Labute approximate surface area is 129 Å². The van der Waals surface area contributed by atoms with Crippen LogP contribution in [0.2, 0.25) is 5.02 Å². The Hall–Kier alpha value is -1.33. The largest absolute Gasteiger partial charge is 0.479 e. The highest BCUT2D eigenvalue weighted by molar-refractivity contribution is 6.32. The number of carbonyl (C=O) groups excluding carboxylic acids is 1. The summed E-state index contributed by atoms with van der Waals surface area (Å²) in [4.78, 5) is 14.2. The van der Waals surface area contributed by atoms with Crippen molar-refractivity contribution in [3.05, 3.63) is 29.0 Å². The van der Waals surface area contributed by atoms with E-state index in [1.54, 1.807) is 11.8 Å². The highest BCUT2D eigenvalue weighted by atomic mass is 35.5. The van der Waals surface area contributed by atoms with Crippen LogP contribution in [0.1, 0.15) is 20.3 Å². The molecule has 1 saturated heterocycles. The van der Waals surface area contributed by atoms with E-state index in [-0.39, 0.29) is 17.0 Å². The number of ether oxygens (including phenoxy) is 1. The van der Waals surface area contributed by atoms with Gasteiger partial charge in [0.25, 0.3) is 5.91 Å². The number of hydrogen-bond donors (Lipinski definition) is 1. The first-order valence-electron chi connectivity index (χ1n) is 7.04. The van der Waals surface area contributed by atoms with Crippen molar-refractivity contribution in [2.45, 2.75) is 32.4 Å². The third-order valence-electron chi connectivity index (χ3n) is 3.82. The summed E-state index contributed by atoms with van der Waals surface area (Å²) in [6.45, 7) is 4.91. The zero-order valence-electron chi connectivity index (χ0n) is 12.2. The van der Waals surface area contributed by atoms with Gasteiger partial charge in [-0.15, -0.1) is 0 Å². The third kappa shape index (κ3) is 3.66. The summed E-state index contributed by atoms with van der Waals surface area (Å²) >= 11 is 5.91. The lowest BCUT2D eigenvalue weighted by Crippen LogP contribution is -2.42. The van der Waals surface area contributed by atoms with Gasteiger partial charge >= 0.3 is 0 Å². The molecule has 0 bridgehead atoms. The quantitative estimate of drug-likeness (QED) is 0.928. The first-order valence-corrected chi connectivity index (χ1v) is 7.42. The fraction of sp³-hybridized carbons (Fsp3) is 0.533. The summed E-state index contributed by atoms with van der Waals surface area (Å²) in [6, 6.07) is 4.00. The number of carbonyl (C=O) groups is 1. The topological polar surface area (TPSA) is 55.6 Å². The van der Waals surface area contributed by atoms with Crippen LogP contribution >= 0.6 is 11.6 Å². The lowest BCUT2D eigenvalue weighted by atomic mass is 10.1. The summed E-state index contributed by atoms with van der Waals surface area (Å²) in [6.07, 6.45) is 0.235. The molecule has 2 rings (SSSR count). The van der Waals surface area contributed by atoms with Gasteiger partial charge in [-0.3, -0.25) is 4.79 Å². The second-order valence-electron chi connectivity index (χ2n) is 5.51. The van der Waals surface area contributed by atoms with Crippen molar-refractivity contribution in [1.82, 2.24) is 4.90 Å². The molecule has 0 aromatic heterocycles. The van der Waals surface area contributed by atoms with Crippen molar-refractivity contribution in [2.75, 3.05) is 13.1 Å². The van der Waals surface area contributed by atoms with E-state index in [0.29, 0.717) is 24.8 Å². The van der Waals surface area contributed by atoms with Crippen molar-refractivity contribution in [2.24, 2.45) is 11.7 Å². The van der Waals surface area contributed by atoms with Crippen molar-refractivity contribution >= 4 is 17.5 Å². The number of rotatable bonds is 4. The molecule has 3 unspecified atom stereocenters. The summed E-state index contributed by atoms with van der Waals surface area (Å²) in [5.74, 6) is 0.107. The van der Waals surface area contributed by atoms with Crippen LogP contribution in [0.3, 0.4) is 0 Å². The van der Waals surface area contributed by atoms with E-state index in [9.17, 15) is 9.18 Å². The maximum atomic E-state index is 13.0. The molecule has 21 heavy (non-hydrogen) atoms. The molecule has 116 valence electrons. The van der Waals surface area contributed by atoms with Gasteiger partial charge < -0.3 is 15.4 Å². The molecule has 1 aromatic rings. The zero-order chi connectivity index (χ0) is 15.6. The normalized spacial score (nSPS) is 23.2. The standard InChI is InChI=1S/C15H20ClFN2O2/c1-9-5-11(7-18)8-19(9)15(20)10(2)21-14-4-3-12(17)6-13(14)16/h3-4,6,9-11H,5,7-8,18H2,1-2H3. The lowest BCUT2D eigenvalue weighted by molar-refractivity contribution is -0.138. The van der Waals surface area contributed by atoms with E-state index >= 15 is 0 Å². The molecule has 1 amide bonds. The molecular weight excluding hydrogens is 295 g/mol. The Morgan fingerprint density at radius 3 is 2.90 bits per heavy atom. The Morgan fingerprint density at radius 2 is 2.33 bits per heavy atom. The predicted octanol–water partition coefficient (Wildman–Crippen LogP) is 2.44. The fourth-order valence-corrected chi connectivity index (χ4v) is 2.88. The maximum Gasteiger partial charge on any atom is 0.263 e. The monoisotopic (exact) mass is 314 g/mol. The van der Waals surface area contributed by atoms with Crippen molar-refractivity contribution < 1.29 is 13.9 Å². The average molecular weight is 315 g/mol. The number of likely N-dealkylation sites (tertiary alicyclic amines) is 1. The Balaban J connectivity index is 2.03. The van der Waals surface area contributed by atoms with Gasteiger partial charge in [-0.1, -0.05) is 11.6 Å². The first-order chi connectivity index (χ1) is 9.92. The van der Waals surface area contributed by atoms with Crippen LogP contribution in [0.5, 0.6) is 5.75 Å². The lowest BCUT2D eigenvalue weighted by Gasteiger charge is -2.25. The minimum Gasteiger partial charge on any atom is -0.479 e. The highest BCUT2D eigenvalue weighted by Gasteiger charge is 2.34. The fourth-order valence-electron chi connectivity index (χ4n) is 2.67. The summed E-state index contributed by atoms with van der Waals surface area (Å²) in [5.41, 5.74) is 5.67. The zero-order valence-corrected chi connectivity index (χ0v) is 12.9. The van der Waals surface area contributed by atoms with Gasteiger partial charge in [-0.2, -0.15) is 0 Å². The summed E-state index contributed by atoms with van der Waals surface area (Å²) < 4.78 is 18.6. The van der Waals surface area contributed by atoms with E-state index in [1.165, 1.54) is 12.1 Å². The smallest absolute Gasteiger partial charge is 0.263 e. The SMILES string of the molecule is CC(Oc1ccc(F)cc1Cl)C(=O)N1CC(CN)CC1C. The molecule has 1 fully saturated rings. The molecule has 1 heterocycles. The van der Waals surface area contributed by atoms with Crippen LogP contribution in [0, 0.1) is 11.7 Å². The van der Waals surface area contributed by atoms with Crippen LogP contribution in [0.4, 0.5) is 4.39 Å². The number of hydrogen-bond acceptors (Lipinski definition) is 3. The second-order valence-corrected chi connectivity index (χ2v) is 5.92. The van der Waals surface area contributed by atoms with Crippen molar-refractivity contribution in [3.63, 3.8) is 0 Å². The molecule has 0 radical (unpaired) electrons. The molecule has 6 heteroatoms. The van der Waals surface area contributed by atoms with E-state index < -0.39 is 11.9 Å². The first kappa shape index (κ1) is 16.0. The molecule has 1 aliphatic rings. The van der Waals surface area contributed by atoms with Gasteiger partial charge in [0.15, 0.2) is 6.10 Å². The number of halogens is 2. The van der Waals surface area contributed by atoms with Gasteiger partial charge in [0, 0.05) is 12.6 Å². The number of nitrogens with two attached hydrogens (primary N) is 1. The molecule has 3 atom stereocenters. The molecule has 4 nitrogen and oxygen atoms in total. The summed E-state index contributed by atoms with van der Waals surface area (Å²) in [5, 5.41) is 0.156. The molecule has 1 aromatic carbocycles. The van der Waals surface area contributed by atoms with Crippen LogP contribution in [0.15, 0.2) is 18.2 Å². The number of benzene rings is 1. The van der Waals surface area contributed by atoms with Gasteiger partial charge in [-0.25, -0.2) is 4.39 Å². The molecule has 0 aliphatic carbocycles. The van der Waals surface area contributed by atoms with Crippen molar-refractivity contribution in [3.8, 4) is 5.75 Å². The van der Waals surface area contributed by atoms with Crippen molar-refractivity contribution in [1.29, 1.82) is 0 Å². The maximum absolute atomic E-state index is 13.0. The molecule has 0 spiro atoms. The minimum atomic E-state index is -0.674. The second kappa shape index (κ2) is 6.62. The summed E-state index contributed by atoms with van der Waals surface area (Å²) in [7, 11) is 0. The van der Waals surface area contributed by atoms with Crippen LogP contribution in [0.25, 0.3) is 0 Å². The number of nitrogens with zero attached hydrogens (tertiary/aromatic N) is 1. The minimum absolute atomic E-state index is 0.0983. The molecular formula is C15H20ClFN2O2.